The monoisotopic (exact) mass is 278 g/mol. The topological polar surface area (TPSA) is 54.6 Å². The van der Waals surface area contributed by atoms with E-state index in [9.17, 15) is 4.79 Å². The number of carbonyl (C=O) groups excluding carboxylic acids is 1. The third-order valence-electron chi connectivity index (χ3n) is 1.15. The van der Waals surface area contributed by atoms with E-state index < -0.39 is 0 Å². The molecule has 1 amide bonds. The highest BCUT2D eigenvalue weighted by Gasteiger charge is 1.93. The van der Waals surface area contributed by atoms with Gasteiger partial charge in [-0.3, -0.25) is 4.79 Å². The van der Waals surface area contributed by atoms with Crippen LogP contribution in [0, 0.1) is 3.57 Å². The molecule has 1 rings (SSSR count). The van der Waals surface area contributed by atoms with E-state index in [0.717, 1.165) is 8.30 Å². The largest absolute Gasteiger partial charge is 0.427 e. The quantitative estimate of drug-likeness (QED) is 0.563. The van der Waals surface area contributed by atoms with Crippen molar-refractivity contribution in [1.82, 2.24) is 4.73 Å². The molecule has 0 aliphatic carbocycles. The van der Waals surface area contributed by atoms with E-state index in [1.54, 1.807) is 12.1 Å². The molecule has 64 valence electrons. The van der Waals surface area contributed by atoms with Crippen molar-refractivity contribution in [2.75, 3.05) is 0 Å². The molecule has 0 aliphatic heterocycles. The minimum Gasteiger partial charge on any atom is -0.427 e. The Hall–Kier alpha value is -0.850. The zero-order valence-corrected chi connectivity index (χ0v) is 8.52. The van der Waals surface area contributed by atoms with Crippen LogP contribution < -0.4 is 5.49 Å². The molecule has 0 saturated carbocycles. The lowest BCUT2D eigenvalue weighted by molar-refractivity contribution is -0.116. The lowest BCUT2D eigenvalue weighted by atomic mass is 10.5. The summed E-state index contributed by atoms with van der Waals surface area (Å²) in [4.78, 5) is 14.2. The van der Waals surface area contributed by atoms with Crippen LogP contribution in [0.3, 0.4) is 0 Å². The fraction of sp³-hybridized carbons (Fsp3) is 0.143. The Morgan fingerprint density at radius 1 is 1.75 bits per heavy atom. The van der Waals surface area contributed by atoms with Crippen LogP contribution in [0.1, 0.15) is 6.92 Å². The van der Waals surface area contributed by atoms with Gasteiger partial charge < -0.3 is 5.21 Å². The zero-order chi connectivity index (χ0) is 9.14. The molecular formula is C7H7IN2O2. The third-order valence-corrected chi connectivity index (χ3v) is 1.82. The summed E-state index contributed by atoms with van der Waals surface area (Å²) >= 11 is 2.07. The van der Waals surface area contributed by atoms with Gasteiger partial charge >= 0.3 is 0 Å². The molecule has 4 nitrogen and oxygen atoms in total. The first-order valence-corrected chi connectivity index (χ1v) is 4.30. The number of rotatable bonds is 0. The van der Waals surface area contributed by atoms with Crippen LogP contribution in [0.4, 0.5) is 0 Å². The van der Waals surface area contributed by atoms with Gasteiger partial charge in [0.2, 0.25) is 5.91 Å². The first kappa shape index (κ1) is 9.24. The van der Waals surface area contributed by atoms with Gasteiger partial charge in [-0.15, -0.1) is 0 Å². The van der Waals surface area contributed by atoms with Gasteiger partial charge in [0.15, 0.2) is 5.49 Å². The van der Waals surface area contributed by atoms with Crippen LogP contribution in [-0.4, -0.2) is 15.8 Å². The van der Waals surface area contributed by atoms with Crippen molar-refractivity contribution >= 4 is 28.5 Å². The summed E-state index contributed by atoms with van der Waals surface area (Å²) in [6.07, 6.45) is 1.43. The Bertz CT molecular complexity index is 370. The smallest absolute Gasteiger partial charge is 0.244 e. The van der Waals surface area contributed by atoms with Crippen molar-refractivity contribution in [3.05, 3.63) is 27.4 Å². The van der Waals surface area contributed by atoms with Crippen LogP contribution in [0.2, 0.25) is 0 Å². The maximum absolute atomic E-state index is 10.6. The molecule has 0 spiro atoms. The average Bonchev–Trinajstić information content (AvgIpc) is 1.96. The second-order valence-electron chi connectivity index (χ2n) is 2.18. The Balaban J connectivity index is 3.32. The van der Waals surface area contributed by atoms with Gasteiger partial charge in [0.1, 0.15) is 0 Å². The second kappa shape index (κ2) is 3.70. The van der Waals surface area contributed by atoms with Gasteiger partial charge in [-0.1, -0.05) is 0 Å². The highest BCUT2D eigenvalue weighted by Crippen LogP contribution is 1.97. The molecule has 1 heterocycles. The van der Waals surface area contributed by atoms with E-state index in [1.165, 1.54) is 13.1 Å². The number of aromatic nitrogens is 1. The lowest BCUT2D eigenvalue weighted by Gasteiger charge is -1.96. The maximum atomic E-state index is 10.6. The molecule has 0 bridgehead atoms. The van der Waals surface area contributed by atoms with Crippen molar-refractivity contribution in [2.24, 2.45) is 4.99 Å². The molecule has 12 heavy (non-hydrogen) atoms. The van der Waals surface area contributed by atoms with Crippen LogP contribution in [0.5, 0.6) is 0 Å². The minimum atomic E-state index is -0.334. The number of pyridine rings is 1. The lowest BCUT2D eigenvalue weighted by Crippen LogP contribution is -2.19. The van der Waals surface area contributed by atoms with Gasteiger partial charge in [0.25, 0.3) is 0 Å². The summed E-state index contributed by atoms with van der Waals surface area (Å²) in [6.45, 7) is 1.33. The molecule has 1 N–H and O–H groups in total. The van der Waals surface area contributed by atoms with Crippen molar-refractivity contribution in [1.29, 1.82) is 0 Å². The summed E-state index contributed by atoms with van der Waals surface area (Å²) in [5.41, 5.74) is 0.245. The van der Waals surface area contributed by atoms with Crippen molar-refractivity contribution in [3.8, 4) is 0 Å². The first-order valence-electron chi connectivity index (χ1n) is 3.22. The third kappa shape index (κ3) is 2.33. The van der Waals surface area contributed by atoms with Gasteiger partial charge in [0.05, 0.1) is 0 Å². The fourth-order valence-electron chi connectivity index (χ4n) is 0.701. The van der Waals surface area contributed by atoms with Gasteiger partial charge in [0, 0.05) is 16.7 Å². The van der Waals surface area contributed by atoms with Gasteiger partial charge in [-0.05, 0) is 34.7 Å². The van der Waals surface area contributed by atoms with Crippen molar-refractivity contribution in [3.63, 3.8) is 0 Å². The number of halogens is 1. The molecule has 0 aliphatic rings. The number of nitrogens with zero attached hydrogens (tertiary/aromatic N) is 2. The Labute approximate surface area is 82.7 Å². The predicted molar refractivity (Wildman–Crippen MR) is 50.6 cm³/mol. The number of hydrogen-bond acceptors (Lipinski definition) is 2. The van der Waals surface area contributed by atoms with E-state index >= 15 is 0 Å². The first-order chi connectivity index (χ1) is 5.59. The summed E-state index contributed by atoms with van der Waals surface area (Å²) in [7, 11) is 0. The minimum absolute atomic E-state index is 0.245. The highest BCUT2D eigenvalue weighted by molar-refractivity contribution is 14.1. The summed E-state index contributed by atoms with van der Waals surface area (Å²) in [5.74, 6) is -0.334. The number of hydrogen-bond donors (Lipinski definition) is 1. The Morgan fingerprint density at radius 3 is 3.00 bits per heavy atom. The summed E-state index contributed by atoms with van der Waals surface area (Å²) < 4.78 is 1.72. The fourth-order valence-corrected chi connectivity index (χ4v) is 1.14. The molecule has 0 radical (unpaired) electrons. The van der Waals surface area contributed by atoms with Crippen LogP contribution in [0.15, 0.2) is 23.3 Å². The molecule has 5 heteroatoms. The van der Waals surface area contributed by atoms with E-state index in [0.29, 0.717) is 0 Å². The second-order valence-corrected chi connectivity index (χ2v) is 3.42. The molecular weight excluding hydrogens is 271 g/mol. The molecule has 0 saturated heterocycles. The predicted octanol–water partition coefficient (Wildman–Crippen LogP) is 0.777. The molecule has 1 aromatic heterocycles. The van der Waals surface area contributed by atoms with Crippen molar-refractivity contribution < 1.29 is 10.0 Å². The maximum Gasteiger partial charge on any atom is 0.244 e. The zero-order valence-electron chi connectivity index (χ0n) is 6.36. The van der Waals surface area contributed by atoms with E-state index in [2.05, 4.69) is 27.6 Å². The van der Waals surface area contributed by atoms with Gasteiger partial charge in [-0.25, -0.2) is 0 Å². The Kier molecular flexibility index (Phi) is 2.85. The van der Waals surface area contributed by atoms with Gasteiger partial charge in [-0.2, -0.15) is 9.72 Å². The normalized spacial score (nSPS) is 11.7. The van der Waals surface area contributed by atoms with Crippen LogP contribution in [0.25, 0.3) is 0 Å². The number of carbonyl (C=O) groups is 1. The summed E-state index contributed by atoms with van der Waals surface area (Å²) in [6, 6.07) is 3.32. The van der Waals surface area contributed by atoms with Crippen LogP contribution in [-0.2, 0) is 4.79 Å². The Morgan fingerprint density at radius 2 is 2.42 bits per heavy atom. The average molecular weight is 278 g/mol. The molecule has 0 atom stereocenters. The highest BCUT2D eigenvalue weighted by atomic mass is 127. The molecule has 0 aromatic carbocycles. The molecule has 0 unspecified atom stereocenters. The SMILES string of the molecule is CC(=O)N=c1cc(I)ccn1O. The van der Waals surface area contributed by atoms with Crippen molar-refractivity contribution in [2.45, 2.75) is 6.92 Å². The van der Waals surface area contributed by atoms with E-state index in [4.69, 9.17) is 5.21 Å². The molecule has 0 fully saturated rings. The standard InChI is InChI=1S/C7H7IN2O2/c1-5(11)9-7-4-6(8)2-3-10(7)12/h2-4,12H,1H3. The van der Waals surface area contributed by atoms with E-state index in [1.807, 2.05) is 0 Å². The molecule has 1 aromatic rings. The van der Waals surface area contributed by atoms with E-state index in [-0.39, 0.29) is 11.4 Å². The number of amides is 1. The summed E-state index contributed by atoms with van der Waals surface area (Å²) in [5, 5.41) is 9.15. The van der Waals surface area contributed by atoms with Crippen LogP contribution >= 0.6 is 22.6 Å².